The summed E-state index contributed by atoms with van der Waals surface area (Å²) in [6, 6.07) is 13.9. The monoisotopic (exact) mass is 348 g/mol. The molecule has 0 spiro atoms. The second kappa shape index (κ2) is 7.49. The summed E-state index contributed by atoms with van der Waals surface area (Å²) < 4.78 is 7.54. The molecule has 0 radical (unpaired) electrons. The number of pyridine rings is 1. The van der Waals surface area contributed by atoms with Crippen LogP contribution < -0.4 is 0 Å². The molecule has 1 unspecified atom stereocenters. The normalized spacial score (nSPS) is 17.2. The minimum atomic E-state index is -0.00771. The lowest BCUT2D eigenvalue weighted by atomic mass is 10.1. The smallest absolute Gasteiger partial charge is 0.257 e. The van der Waals surface area contributed by atoms with Gasteiger partial charge in [-0.15, -0.1) is 0 Å². The van der Waals surface area contributed by atoms with Gasteiger partial charge in [-0.05, 0) is 17.7 Å². The number of carbonyl (C=O) groups is 1. The number of rotatable bonds is 4. The molecule has 3 aromatic rings. The third kappa shape index (κ3) is 3.65. The number of benzene rings is 1. The van der Waals surface area contributed by atoms with Gasteiger partial charge in [0.05, 0.1) is 30.2 Å². The summed E-state index contributed by atoms with van der Waals surface area (Å²) >= 11 is 0. The van der Waals surface area contributed by atoms with Crippen molar-refractivity contribution >= 4 is 5.91 Å². The molecule has 6 nitrogen and oxygen atoms in total. The van der Waals surface area contributed by atoms with Gasteiger partial charge in [-0.1, -0.05) is 30.3 Å². The number of aromatic nitrogens is 3. The summed E-state index contributed by atoms with van der Waals surface area (Å²) in [4.78, 5) is 18.7. The van der Waals surface area contributed by atoms with Crippen LogP contribution in [0.25, 0.3) is 5.69 Å². The van der Waals surface area contributed by atoms with Crippen molar-refractivity contribution in [3.63, 3.8) is 0 Å². The van der Waals surface area contributed by atoms with Crippen molar-refractivity contribution < 1.29 is 9.53 Å². The van der Waals surface area contributed by atoms with Gasteiger partial charge in [0.2, 0.25) is 0 Å². The van der Waals surface area contributed by atoms with Crippen LogP contribution in [0, 0.1) is 0 Å². The van der Waals surface area contributed by atoms with Gasteiger partial charge in [-0.2, -0.15) is 5.10 Å². The van der Waals surface area contributed by atoms with Crippen molar-refractivity contribution in [2.45, 2.75) is 12.5 Å². The second-order valence-electron chi connectivity index (χ2n) is 6.31. The summed E-state index contributed by atoms with van der Waals surface area (Å²) in [6.45, 7) is 1.75. The molecule has 1 aliphatic rings. The minimum Gasteiger partial charge on any atom is -0.374 e. The van der Waals surface area contributed by atoms with Crippen molar-refractivity contribution in [2.75, 3.05) is 19.7 Å². The van der Waals surface area contributed by atoms with Crippen molar-refractivity contribution in [2.24, 2.45) is 0 Å². The van der Waals surface area contributed by atoms with Gasteiger partial charge in [0.25, 0.3) is 5.91 Å². The summed E-state index contributed by atoms with van der Waals surface area (Å²) in [5.41, 5.74) is 2.68. The van der Waals surface area contributed by atoms with E-state index in [1.165, 1.54) is 5.56 Å². The van der Waals surface area contributed by atoms with Crippen LogP contribution in [0.5, 0.6) is 0 Å². The quantitative estimate of drug-likeness (QED) is 0.726. The summed E-state index contributed by atoms with van der Waals surface area (Å²) in [6.07, 6.45) is 7.61. The second-order valence-corrected chi connectivity index (χ2v) is 6.31. The SMILES string of the molecule is O=C(c1cnn(-c2ccncc2)c1)N1CCOC(Cc2ccccc2)C1. The van der Waals surface area contributed by atoms with E-state index in [0.717, 1.165) is 12.1 Å². The number of carbonyl (C=O) groups excluding carboxylic acids is 1. The van der Waals surface area contributed by atoms with Crippen LogP contribution in [0.1, 0.15) is 15.9 Å². The molecule has 132 valence electrons. The fraction of sp³-hybridized carbons (Fsp3) is 0.250. The Balaban J connectivity index is 1.44. The summed E-state index contributed by atoms with van der Waals surface area (Å²) in [5, 5.41) is 4.30. The van der Waals surface area contributed by atoms with Gasteiger partial charge in [-0.3, -0.25) is 9.78 Å². The van der Waals surface area contributed by atoms with Crippen molar-refractivity contribution in [1.29, 1.82) is 0 Å². The number of hydrogen-bond acceptors (Lipinski definition) is 4. The van der Waals surface area contributed by atoms with E-state index in [0.29, 0.717) is 25.3 Å². The highest BCUT2D eigenvalue weighted by atomic mass is 16.5. The zero-order chi connectivity index (χ0) is 17.8. The summed E-state index contributed by atoms with van der Waals surface area (Å²) in [7, 11) is 0. The van der Waals surface area contributed by atoms with E-state index >= 15 is 0 Å². The molecule has 1 aliphatic heterocycles. The maximum atomic E-state index is 12.8. The summed E-state index contributed by atoms with van der Waals surface area (Å²) in [5.74, 6) is -0.00771. The van der Waals surface area contributed by atoms with Gasteiger partial charge < -0.3 is 9.64 Å². The van der Waals surface area contributed by atoms with Crippen LogP contribution in [-0.4, -0.2) is 51.4 Å². The van der Waals surface area contributed by atoms with Crippen LogP contribution in [0.2, 0.25) is 0 Å². The van der Waals surface area contributed by atoms with E-state index in [9.17, 15) is 4.79 Å². The van der Waals surface area contributed by atoms with Crippen molar-refractivity contribution in [3.8, 4) is 5.69 Å². The molecule has 0 bridgehead atoms. The molecule has 6 heteroatoms. The van der Waals surface area contributed by atoms with E-state index in [-0.39, 0.29) is 12.0 Å². The Bertz CT molecular complexity index is 864. The molecular weight excluding hydrogens is 328 g/mol. The first-order valence-corrected chi connectivity index (χ1v) is 8.69. The van der Waals surface area contributed by atoms with Crippen LogP contribution in [0.4, 0.5) is 0 Å². The number of amides is 1. The Hall–Kier alpha value is -2.99. The topological polar surface area (TPSA) is 60.2 Å². The highest BCUT2D eigenvalue weighted by molar-refractivity contribution is 5.93. The third-order valence-corrected chi connectivity index (χ3v) is 4.49. The number of ether oxygens (including phenoxy) is 1. The van der Waals surface area contributed by atoms with E-state index in [1.807, 2.05) is 35.2 Å². The lowest BCUT2D eigenvalue weighted by Gasteiger charge is -2.32. The lowest BCUT2D eigenvalue weighted by Crippen LogP contribution is -2.46. The largest absolute Gasteiger partial charge is 0.374 e. The van der Waals surface area contributed by atoms with Crippen LogP contribution in [0.15, 0.2) is 67.3 Å². The highest BCUT2D eigenvalue weighted by Crippen LogP contribution is 2.15. The molecule has 26 heavy (non-hydrogen) atoms. The molecular formula is C20H20N4O2. The number of nitrogens with zero attached hydrogens (tertiary/aromatic N) is 4. The molecule has 0 saturated carbocycles. The maximum Gasteiger partial charge on any atom is 0.257 e. The van der Waals surface area contributed by atoms with Gasteiger partial charge in [-0.25, -0.2) is 4.68 Å². The number of hydrogen-bond donors (Lipinski definition) is 0. The first kappa shape index (κ1) is 16.5. The van der Waals surface area contributed by atoms with Crippen LogP contribution in [0.3, 0.4) is 0 Å². The highest BCUT2D eigenvalue weighted by Gasteiger charge is 2.26. The molecule has 1 aromatic carbocycles. The average Bonchev–Trinajstić information content (AvgIpc) is 3.19. The zero-order valence-electron chi connectivity index (χ0n) is 14.4. The fourth-order valence-corrected chi connectivity index (χ4v) is 3.16. The standard InChI is InChI=1S/C20H20N4O2/c25-20(17-13-22-24(14-17)18-6-8-21-9-7-18)23-10-11-26-19(15-23)12-16-4-2-1-3-5-16/h1-9,13-14,19H,10-12,15H2. The van der Waals surface area contributed by atoms with Crippen LogP contribution >= 0.6 is 0 Å². The molecule has 3 heterocycles. The fourth-order valence-electron chi connectivity index (χ4n) is 3.16. The molecule has 1 saturated heterocycles. The predicted octanol–water partition coefficient (Wildman–Crippen LogP) is 2.35. The average molecular weight is 348 g/mol. The molecule has 0 aliphatic carbocycles. The zero-order valence-corrected chi connectivity index (χ0v) is 14.4. The molecule has 2 aromatic heterocycles. The van der Waals surface area contributed by atoms with Gasteiger partial charge in [0.1, 0.15) is 0 Å². The Kier molecular flexibility index (Phi) is 4.75. The van der Waals surface area contributed by atoms with Gasteiger partial charge in [0, 0.05) is 38.1 Å². The van der Waals surface area contributed by atoms with Crippen molar-refractivity contribution in [3.05, 3.63) is 78.4 Å². The van der Waals surface area contributed by atoms with E-state index in [4.69, 9.17) is 4.74 Å². The molecule has 1 atom stereocenters. The first-order valence-electron chi connectivity index (χ1n) is 8.69. The maximum absolute atomic E-state index is 12.8. The molecule has 4 rings (SSSR count). The number of morpholine rings is 1. The van der Waals surface area contributed by atoms with Crippen LogP contribution in [-0.2, 0) is 11.2 Å². The van der Waals surface area contributed by atoms with Crippen molar-refractivity contribution in [1.82, 2.24) is 19.7 Å². The Morgan fingerprint density at radius 2 is 1.96 bits per heavy atom. The minimum absolute atomic E-state index is 0.00771. The molecule has 1 amide bonds. The van der Waals surface area contributed by atoms with E-state index in [2.05, 4.69) is 22.2 Å². The van der Waals surface area contributed by atoms with E-state index < -0.39 is 0 Å². The Labute approximate surface area is 152 Å². The van der Waals surface area contributed by atoms with Gasteiger partial charge in [0.15, 0.2) is 0 Å². The lowest BCUT2D eigenvalue weighted by molar-refractivity contribution is -0.0208. The predicted molar refractivity (Wildman–Crippen MR) is 97.1 cm³/mol. The Morgan fingerprint density at radius 3 is 2.77 bits per heavy atom. The van der Waals surface area contributed by atoms with Gasteiger partial charge >= 0.3 is 0 Å². The molecule has 0 N–H and O–H groups in total. The Morgan fingerprint density at radius 1 is 1.15 bits per heavy atom. The van der Waals surface area contributed by atoms with E-state index in [1.54, 1.807) is 29.5 Å². The molecule has 1 fully saturated rings. The first-order chi connectivity index (χ1) is 12.8. The third-order valence-electron chi connectivity index (χ3n) is 4.49.